The van der Waals surface area contributed by atoms with Crippen molar-refractivity contribution in [2.24, 2.45) is 0 Å². The summed E-state index contributed by atoms with van der Waals surface area (Å²) >= 11 is 5.91. The first-order valence-corrected chi connectivity index (χ1v) is 4.61. The van der Waals surface area contributed by atoms with Crippen LogP contribution in [-0.4, -0.2) is 12.4 Å². The lowest BCUT2D eigenvalue weighted by Gasteiger charge is -2.06. The van der Waals surface area contributed by atoms with Crippen LogP contribution < -0.4 is 4.74 Å². The number of halogens is 1. The normalized spacial score (nSPS) is 15.9. The summed E-state index contributed by atoms with van der Waals surface area (Å²) in [4.78, 5) is 11.6. The maximum atomic E-state index is 11.6. The van der Waals surface area contributed by atoms with Gasteiger partial charge in [-0.1, -0.05) is 17.7 Å². The molecule has 3 heteroatoms. The molecule has 2 nitrogen and oxygen atoms in total. The van der Waals surface area contributed by atoms with Crippen molar-refractivity contribution in [1.82, 2.24) is 0 Å². The predicted octanol–water partition coefficient (Wildman–Crippen LogP) is 2.70. The molecule has 0 amide bonds. The summed E-state index contributed by atoms with van der Waals surface area (Å²) < 4.78 is 5.39. The zero-order valence-electron chi connectivity index (χ0n) is 7.05. The molecule has 0 bridgehead atoms. The second kappa shape index (κ2) is 3.38. The van der Waals surface area contributed by atoms with E-state index in [1.807, 2.05) is 0 Å². The van der Waals surface area contributed by atoms with Crippen LogP contribution in [0.15, 0.2) is 18.2 Å². The van der Waals surface area contributed by atoms with E-state index in [0.717, 1.165) is 6.42 Å². The number of ether oxygens (including phenoxy) is 1. The molecular weight excluding hydrogens is 188 g/mol. The van der Waals surface area contributed by atoms with E-state index in [1.54, 1.807) is 18.2 Å². The van der Waals surface area contributed by atoms with Gasteiger partial charge in [-0.15, -0.1) is 0 Å². The minimum absolute atomic E-state index is 0.0816. The molecule has 68 valence electrons. The number of ketones is 1. The highest BCUT2D eigenvalue weighted by atomic mass is 35.5. The Bertz CT molecular complexity index is 347. The summed E-state index contributed by atoms with van der Waals surface area (Å²) in [6.07, 6.45) is 1.29. The summed E-state index contributed by atoms with van der Waals surface area (Å²) in [5.74, 6) is 0.702. The van der Waals surface area contributed by atoms with Gasteiger partial charge < -0.3 is 4.74 Å². The Morgan fingerprint density at radius 3 is 3.08 bits per heavy atom. The molecule has 0 atom stereocenters. The number of rotatable bonds is 0. The summed E-state index contributed by atoms with van der Waals surface area (Å²) in [5, 5.41) is 0.490. The van der Waals surface area contributed by atoms with E-state index in [-0.39, 0.29) is 5.78 Å². The van der Waals surface area contributed by atoms with E-state index in [1.165, 1.54) is 0 Å². The summed E-state index contributed by atoms with van der Waals surface area (Å²) in [5.41, 5.74) is 0.543. The molecule has 1 aliphatic rings. The number of benzene rings is 1. The molecule has 0 fully saturated rings. The summed E-state index contributed by atoms with van der Waals surface area (Å²) in [6, 6.07) is 5.29. The maximum absolute atomic E-state index is 11.6. The topological polar surface area (TPSA) is 26.3 Å². The van der Waals surface area contributed by atoms with Crippen molar-refractivity contribution >= 4 is 17.4 Å². The van der Waals surface area contributed by atoms with Gasteiger partial charge in [0.15, 0.2) is 5.78 Å². The van der Waals surface area contributed by atoms with E-state index in [4.69, 9.17) is 16.3 Å². The smallest absolute Gasteiger partial charge is 0.168 e. The zero-order valence-corrected chi connectivity index (χ0v) is 7.80. The van der Waals surface area contributed by atoms with Gasteiger partial charge in [0.2, 0.25) is 0 Å². The number of carbonyl (C=O) groups is 1. The SMILES string of the molecule is O=C1CCCOc2cccc(Cl)c21. The molecule has 0 aromatic heterocycles. The van der Waals surface area contributed by atoms with Crippen LogP contribution in [0.5, 0.6) is 5.75 Å². The van der Waals surface area contributed by atoms with Gasteiger partial charge >= 0.3 is 0 Å². The van der Waals surface area contributed by atoms with E-state index in [9.17, 15) is 4.79 Å². The lowest BCUT2D eigenvalue weighted by atomic mass is 10.1. The van der Waals surface area contributed by atoms with Crippen LogP contribution >= 0.6 is 11.6 Å². The molecule has 2 rings (SSSR count). The molecule has 1 heterocycles. The van der Waals surface area contributed by atoms with Gasteiger partial charge in [-0.25, -0.2) is 0 Å². The van der Waals surface area contributed by atoms with Gasteiger partial charge in [-0.3, -0.25) is 4.79 Å². The average molecular weight is 197 g/mol. The Labute approximate surface area is 81.5 Å². The molecule has 0 N–H and O–H groups in total. The first-order valence-electron chi connectivity index (χ1n) is 4.23. The Kier molecular flexibility index (Phi) is 2.23. The van der Waals surface area contributed by atoms with Crippen molar-refractivity contribution < 1.29 is 9.53 Å². The van der Waals surface area contributed by atoms with E-state index in [2.05, 4.69) is 0 Å². The molecule has 1 aromatic rings. The van der Waals surface area contributed by atoms with Gasteiger partial charge in [-0.2, -0.15) is 0 Å². The van der Waals surface area contributed by atoms with Crippen LogP contribution in [0.4, 0.5) is 0 Å². The maximum Gasteiger partial charge on any atom is 0.168 e. The monoisotopic (exact) mass is 196 g/mol. The third kappa shape index (κ3) is 1.54. The molecule has 0 unspecified atom stereocenters. The fourth-order valence-electron chi connectivity index (χ4n) is 1.44. The average Bonchev–Trinajstić information content (AvgIpc) is 2.29. The molecule has 0 aliphatic carbocycles. The highest BCUT2D eigenvalue weighted by molar-refractivity contribution is 6.34. The predicted molar refractivity (Wildman–Crippen MR) is 50.5 cm³/mol. The van der Waals surface area contributed by atoms with Gasteiger partial charge in [0.1, 0.15) is 5.75 Å². The Hall–Kier alpha value is -1.02. The van der Waals surface area contributed by atoms with Crippen molar-refractivity contribution in [3.8, 4) is 5.75 Å². The lowest BCUT2D eigenvalue weighted by molar-refractivity contribution is 0.0983. The molecule has 1 aromatic carbocycles. The Morgan fingerprint density at radius 1 is 1.38 bits per heavy atom. The highest BCUT2D eigenvalue weighted by Gasteiger charge is 2.18. The molecular formula is C10H9ClO2. The van der Waals surface area contributed by atoms with Crippen LogP contribution in [0.1, 0.15) is 23.2 Å². The van der Waals surface area contributed by atoms with E-state index >= 15 is 0 Å². The standard InChI is InChI=1S/C10H9ClO2/c11-7-3-1-5-9-10(7)8(12)4-2-6-13-9/h1,3,5H,2,4,6H2. The fraction of sp³-hybridized carbons (Fsp3) is 0.300. The molecule has 0 saturated carbocycles. The quantitative estimate of drug-likeness (QED) is 0.638. The second-order valence-electron chi connectivity index (χ2n) is 2.99. The number of carbonyl (C=O) groups excluding carboxylic acids is 1. The molecule has 0 saturated heterocycles. The first kappa shape index (κ1) is 8.57. The highest BCUT2D eigenvalue weighted by Crippen LogP contribution is 2.29. The van der Waals surface area contributed by atoms with Crippen molar-refractivity contribution in [2.45, 2.75) is 12.8 Å². The second-order valence-corrected chi connectivity index (χ2v) is 3.40. The van der Waals surface area contributed by atoms with Gasteiger partial charge in [0.25, 0.3) is 0 Å². The largest absolute Gasteiger partial charge is 0.493 e. The zero-order chi connectivity index (χ0) is 9.26. The third-order valence-corrected chi connectivity index (χ3v) is 2.37. The van der Waals surface area contributed by atoms with Gasteiger partial charge in [0, 0.05) is 6.42 Å². The van der Waals surface area contributed by atoms with Crippen LogP contribution in [0.2, 0.25) is 5.02 Å². The van der Waals surface area contributed by atoms with E-state index in [0.29, 0.717) is 29.4 Å². The summed E-state index contributed by atoms with van der Waals surface area (Å²) in [7, 11) is 0. The number of fused-ring (bicyclic) bond motifs is 1. The van der Waals surface area contributed by atoms with Crippen LogP contribution in [0.3, 0.4) is 0 Å². The van der Waals surface area contributed by atoms with Gasteiger partial charge in [0.05, 0.1) is 17.2 Å². The van der Waals surface area contributed by atoms with Crippen molar-refractivity contribution in [1.29, 1.82) is 0 Å². The minimum atomic E-state index is 0.0816. The lowest BCUT2D eigenvalue weighted by Crippen LogP contribution is -1.98. The molecule has 0 radical (unpaired) electrons. The molecule has 13 heavy (non-hydrogen) atoms. The fourth-order valence-corrected chi connectivity index (χ4v) is 1.71. The number of hydrogen-bond donors (Lipinski definition) is 0. The van der Waals surface area contributed by atoms with Crippen LogP contribution in [0.25, 0.3) is 0 Å². The van der Waals surface area contributed by atoms with Crippen molar-refractivity contribution in [3.63, 3.8) is 0 Å². The van der Waals surface area contributed by atoms with Gasteiger partial charge in [-0.05, 0) is 18.6 Å². The van der Waals surface area contributed by atoms with Crippen molar-refractivity contribution in [2.75, 3.05) is 6.61 Å². The first-order chi connectivity index (χ1) is 6.29. The summed E-state index contributed by atoms with van der Waals surface area (Å²) in [6.45, 7) is 0.596. The Balaban J connectivity index is 2.55. The van der Waals surface area contributed by atoms with E-state index < -0.39 is 0 Å². The van der Waals surface area contributed by atoms with Crippen LogP contribution in [-0.2, 0) is 0 Å². The molecule has 0 spiro atoms. The van der Waals surface area contributed by atoms with Crippen molar-refractivity contribution in [3.05, 3.63) is 28.8 Å². The third-order valence-electron chi connectivity index (χ3n) is 2.06. The van der Waals surface area contributed by atoms with Crippen LogP contribution in [0, 0.1) is 0 Å². The number of Topliss-reactive ketones (excluding diaryl/α,β-unsaturated/α-hetero) is 1. The minimum Gasteiger partial charge on any atom is -0.493 e. The molecule has 1 aliphatic heterocycles. The number of hydrogen-bond acceptors (Lipinski definition) is 2. The Morgan fingerprint density at radius 2 is 2.23 bits per heavy atom.